The normalized spacial score (nSPS) is 22.2. The standard InChI is InChI=1S/C13H20N2O/c1-11-4-5-13(14-7-11)9-15-6-2-3-12(8-15)10-16/h4-5,7,12,16H,2-3,6,8-10H2,1H3. The molecule has 1 fully saturated rings. The quantitative estimate of drug-likeness (QED) is 0.840. The van der Waals surface area contributed by atoms with Crippen molar-refractivity contribution in [3.63, 3.8) is 0 Å². The van der Waals surface area contributed by atoms with Crippen molar-refractivity contribution in [2.24, 2.45) is 5.92 Å². The number of aliphatic hydroxyl groups is 1. The maximum absolute atomic E-state index is 9.17. The molecule has 1 aliphatic rings. The number of aromatic nitrogens is 1. The molecule has 0 aliphatic carbocycles. The molecule has 0 saturated carbocycles. The van der Waals surface area contributed by atoms with Gasteiger partial charge >= 0.3 is 0 Å². The molecule has 1 aliphatic heterocycles. The van der Waals surface area contributed by atoms with E-state index in [2.05, 4.69) is 28.9 Å². The first-order valence-corrected chi connectivity index (χ1v) is 6.02. The molecule has 0 bridgehead atoms. The van der Waals surface area contributed by atoms with Crippen LogP contribution in [0.5, 0.6) is 0 Å². The van der Waals surface area contributed by atoms with Crippen molar-refractivity contribution in [3.8, 4) is 0 Å². The molecule has 2 heterocycles. The zero-order valence-electron chi connectivity index (χ0n) is 9.89. The van der Waals surface area contributed by atoms with Crippen LogP contribution >= 0.6 is 0 Å². The molecule has 3 nitrogen and oxygen atoms in total. The number of hydrogen-bond acceptors (Lipinski definition) is 3. The topological polar surface area (TPSA) is 36.4 Å². The summed E-state index contributed by atoms with van der Waals surface area (Å²) in [4.78, 5) is 6.81. The largest absolute Gasteiger partial charge is 0.396 e. The maximum atomic E-state index is 9.17. The van der Waals surface area contributed by atoms with Gasteiger partial charge in [-0.1, -0.05) is 6.07 Å². The van der Waals surface area contributed by atoms with Gasteiger partial charge in [-0.2, -0.15) is 0 Å². The first-order chi connectivity index (χ1) is 7.78. The molecule has 0 aromatic carbocycles. The summed E-state index contributed by atoms with van der Waals surface area (Å²) >= 11 is 0. The third-order valence-corrected chi connectivity index (χ3v) is 3.22. The van der Waals surface area contributed by atoms with E-state index in [1.165, 1.54) is 12.0 Å². The van der Waals surface area contributed by atoms with Gasteiger partial charge in [-0.05, 0) is 43.9 Å². The molecule has 1 unspecified atom stereocenters. The van der Waals surface area contributed by atoms with Crippen molar-refractivity contribution in [3.05, 3.63) is 29.6 Å². The zero-order chi connectivity index (χ0) is 11.4. The van der Waals surface area contributed by atoms with Gasteiger partial charge in [-0.25, -0.2) is 0 Å². The van der Waals surface area contributed by atoms with Gasteiger partial charge in [0.15, 0.2) is 0 Å². The average molecular weight is 220 g/mol. The van der Waals surface area contributed by atoms with Crippen LogP contribution in [0.2, 0.25) is 0 Å². The van der Waals surface area contributed by atoms with Gasteiger partial charge in [-0.15, -0.1) is 0 Å². The van der Waals surface area contributed by atoms with Crippen LogP contribution in [0, 0.1) is 12.8 Å². The molecule has 1 aromatic heterocycles. The Morgan fingerprint density at radius 1 is 1.50 bits per heavy atom. The Hall–Kier alpha value is -0.930. The van der Waals surface area contributed by atoms with Crippen molar-refractivity contribution in [2.45, 2.75) is 26.3 Å². The first kappa shape index (κ1) is 11.6. The highest BCUT2D eigenvalue weighted by Crippen LogP contribution is 2.17. The summed E-state index contributed by atoms with van der Waals surface area (Å²) in [5.41, 5.74) is 2.33. The van der Waals surface area contributed by atoms with Crippen molar-refractivity contribution in [1.82, 2.24) is 9.88 Å². The molecule has 1 atom stereocenters. The van der Waals surface area contributed by atoms with Crippen molar-refractivity contribution < 1.29 is 5.11 Å². The van der Waals surface area contributed by atoms with Crippen LogP contribution < -0.4 is 0 Å². The van der Waals surface area contributed by atoms with Gasteiger partial charge in [-0.3, -0.25) is 9.88 Å². The van der Waals surface area contributed by atoms with Gasteiger partial charge < -0.3 is 5.11 Å². The van der Waals surface area contributed by atoms with Crippen LogP contribution in [0.3, 0.4) is 0 Å². The Balaban J connectivity index is 1.91. The van der Waals surface area contributed by atoms with Crippen molar-refractivity contribution in [1.29, 1.82) is 0 Å². The Morgan fingerprint density at radius 3 is 3.06 bits per heavy atom. The Morgan fingerprint density at radius 2 is 2.38 bits per heavy atom. The number of likely N-dealkylation sites (tertiary alicyclic amines) is 1. The Bertz CT molecular complexity index is 323. The lowest BCUT2D eigenvalue weighted by molar-refractivity contribution is 0.115. The van der Waals surface area contributed by atoms with E-state index in [4.69, 9.17) is 5.11 Å². The Kier molecular flexibility index (Phi) is 3.91. The summed E-state index contributed by atoms with van der Waals surface area (Å²) in [7, 11) is 0. The fraction of sp³-hybridized carbons (Fsp3) is 0.615. The molecule has 3 heteroatoms. The number of piperidine rings is 1. The fourth-order valence-electron chi connectivity index (χ4n) is 2.26. The summed E-state index contributed by atoms with van der Waals surface area (Å²) in [5.74, 6) is 0.458. The highest BCUT2D eigenvalue weighted by atomic mass is 16.3. The third-order valence-electron chi connectivity index (χ3n) is 3.22. The van der Waals surface area contributed by atoms with E-state index in [0.29, 0.717) is 12.5 Å². The van der Waals surface area contributed by atoms with E-state index in [-0.39, 0.29) is 0 Å². The van der Waals surface area contributed by atoms with Gasteiger partial charge in [0.25, 0.3) is 0 Å². The average Bonchev–Trinajstić information content (AvgIpc) is 2.32. The summed E-state index contributed by atoms with van der Waals surface area (Å²) in [6, 6.07) is 4.20. The lowest BCUT2D eigenvalue weighted by Crippen LogP contribution is -2.36. The van der Waals surface area contributed by atoms with Crippen LogP contribution in [-0.4, -0.2) is 34.7 Å². The van der Waals surface area contributed by atoms with E-state index in [0.717, 1.165) is 31.7 Å². The van der Waals surface area contributed by atoms with Crippen LogP contribution in [0.4, 0.5) is 0 Å². The van der Waals surface area contributed by atoms with Crippen molar-refractivity contribution >= 4 is 0 Å². The second-order valence-corrected chi connectivity index (χ2v) is 4.75. The van der Waals surface area contributed by atoms with E-state index in [1.54, 1.807) is 0 Å². The second-order valence-electron chi connectivity index (χ2n) is 4.75. The maximum Gasteiger partial charge on any atom is 0.0544 e. The Labute approximate surface area is 97.1 Å². The molecule has 0 radical (unpaired) electrons. The minimum atomic E-state index is 0.317. The molecule has 16 heavy (non-hydrogen) atoms. The molecule has 0 amide bonds. The van der Waals surface area contributed by atoms with Gasteiger partial charge in [0.05, 0.1) is 5.69 Å². The summed E-state index contributed by atoms with van der Waals surface area (Å²) in [6.45, 7) is 5.42. The van der Waals surface area contributed by atoms with E-state index >= 15 is 0 Å². The lowest BCUT2D eigenvalue weighted by Gasteiger charge is -2.31. The number of pyridine rings is 1. The summed E-state index contributed by atoms with van der Waals surface area (Å²) in [6.07, 6.45) is 4.27. The smallest absolute Gasteiger partial charge is 0.0544 e. The zero-order valence-corrected chi connectivity index (χ0v) is 9.89. The SMILES string of the molecule is Cc1ccc(CN2CCCC(CO)C2)nc1. The second kappa shape index (κ2) is 5.41. The van der Waals surface area contributed by atoms with E-state index < -0.39 is 0 Å². The predicted molar refractivity (Wildman–Crippen MR) is 64.1 cm³/mol. The highest BCUT2D eigenvalue weighted by molar-refractivity contribution is 5.12. The van der Waals surface area contributed by atoms with Crippen LogP contribution in [0.25, 0.3) is 0 Å². The third kappa shape index (κ3) is 3.03. The summed E-state index contributed by atoms with van der Waals surface area (Å²) < 4.78 is 0. The van der Waals surface area contributed by atoms with E-state index in [1.807, 2.05) is 6.20 Å². The molecule has 0 spiro atoms. The summed E-state index contributed by atoms with van der Waals surface area (Å²) in [5, 5.41) is 9.17. The predicted octanol–water partition coefficient (Wildman–Crippen LogP) is 1.59. The molecule has 1 aromatic rings. The number of rotatable bonds is 3. The molecule has 88 valence electrons. The fourth-order valence-corrected chi connectivity index (χ4v) is 2.26. The van der Waals surface area contributed by atoms with Crippen LogP contribution in [0.15, 0.2) is 18.3 Å². The lowest BCUT2D eigenvalue weighted by atomic mass is 9.99. The van der Waals surface area contributed by atoms with Crippen LogP contribution in [0.1, 0.15) is 24.1 Å². The number of aliphatic hydroxyl groups excluding tert-OH is 1. The molecular weight excluding hydrogens is 200 g/mol. The molecule has 1 N–H and O–H groups in total. The monoisotopic (exact) mass is 220 g/mol. The van der Waals surface area contributed by atoms with Crippen LogP contribution in [-0.2, 0) is 6.54 Å². The van der Waals surface area contributed by atoms with Gasteiger partial charge in [0.2, 0.25) is 0 Å². The number of aryl methyl sites for hydroxylation is 1. The van der Waals surface area contributed by atoms with Crippen molar-refractivity contribution in [2.75, 3.05) is 19.7 Å². The number of hydrogen-bond donors (Lipinski definition) is 1. The first-order valence-electron chi connectivity index (χ1n) is 6.02. The van der Waals surface area contributed by atoms with Gasteiger partial charge in [0, 0.05) is 25.9 Å². The minimum Gasteiger partial charge on any atom is -0.396 e. The number of nitrogens with zero attached hydrogens (tertiary/aromatic N) is 2. The molecule has 2 rings (SSSR count). The molecule has 1 saturated heterocycles. The van der Waals surface area contributed by atoms with Gasteiger partial charge in [0.1, 0.15) is 0 Å². The molecular formula is C13H20N2O. The van der Waals surface area contributed by atoms with E-state index in [9.17, 15) is 0 Å². The highest BCUT2D eigenvalue weighted by Gasteiger charge is 2.19. The minimum absolute atomic E-state index is 0.317.